The number of piperidine rings is 1. The monoisotopic (exact) mass is 343 g/mol. The molecule has 0 aromatic heterocycles. The lowest BCUT2D eigenvalue weighted by Crippen LogP contribution is -2.45. The Morgan fingerprint density at radius 3 is 2.72 bits per heavy atom. The first kappa shape index (κ1) is 17.9. The number of hydrogen-bond donors (Lipinski definition) is 1. The Morgan fingerprint density at radius 2 is 2.04 bits per heavy atom. The van der Waals surface area contributed by atoms with Crippen LogP contribution in [0, 0.1) is 5.92 Å². The van der Waals surface area contributed by atoms with Crippen molar-refractivity contribution in [2.45, 2.75) is 45.6 Å². The van der Waals surface area contributed by atoms with Gasteiger partial charge in [-0.1, -0.05) is 13.0 Å². The summed E-state index contributed by atoms with van der Waals surface area (Å²) in [4.78, 5) is 28.6. The van der Waals surface area contributed by atoms with Crippen molar-refractivity contribution in [2.75, 3.05) is 31.1 Å². The van der Waals surface area contributed by atoms with Gasteiger partial charge in [0.1, 0.15) is 0 Å². The molecule has 0 bridgehead atoms. The number of carbonyl (C=O) groups excluding carboxylic acids is 2. The molecule has 136 valence electrons. The second-order valence-corrected chi connectivity index (χ2v) is 7.48. The topological polar surface area (TPSA) is 52.7 Å². The number of carbonyl (C=O) groups is 2. The summed E-state index contributed by atoms with van der Waals surface area (Å²) in [6, 6.07) is 7.74. The fourth-order valence-corrected chi connectivity index (χ4v) is 3.68. The minimum atomic E-state index is -0.0641. The highest BCUT2D eigenvalue weighted by Crippen LogP contribution is 2.22. The van der Waals surface area contributed by atoms with Crippen LogP contribution in [0.3, 0.4) is 0 Å². The predicted octanol–water partition coefficient (Wildman–Crippen LogP) is 2.66. The molecular weight excluding hydrogens is 314 g/mol. The van der Waals surface area contributed by atoms with Crippen LogP contribution < -0.4 is 10.2 Å². The fraction of sp³-hybridized carbons (Fsp3) is 0.600. The molecule has 2 saturated heterocycles. The van der Waals surface area contributed by atoms with E-state index in [4.69, 9.17) is 0 Å². The van der Waals surface area contributed by atoms with Gasteiger partial charge in [-0.25, -0.2) is 0 Å². The van der Waals surface area contributed by atoms with Crippen LogP contribution in [0.2, 0.25) is 0 Å². The Bertz CT molecular complexity index is 623. The maximum Gasteiger partial charge on any atom is 0.251 e. The molecule has 5 nitrogen and oxygen atoms in total. The number of amides is 2. The summed E-state index contributed by atoms with van der Waals surface area (Å²) in [7, 11) is 0. The average molecular weight is 343 g/mol. The first-order valence-electron chi connectivity index (χ1n) is 9.47. The van der Waals surface area contributed by atoms with E-state index in [1.165, 1.54) is 12.8 Å². The zero-order valence-corrected chi connectivity index (χ0v) is 15.3. The lowest BCUT2D eigenvalue weighted by molar-refractivity contribution is -0.117. The van der Waals surface area contributed by atoms with Gasteiger partial charge in [-0.05, 0) is 63.4 Å². The molecule has 0 radical (unpaired) electrons. The molecule has 1 aromatic rings. The summed E-state index contributed by atoms with van der Waals surface area (Å²) in [6.45, 7) is 8.11. The molecule has 2 fully saturated rings. The van der Waals surface area contributed by atoms with E-state index in [0.29, 0.717) is 24.6 Å². The van der Waals surface area contributed by atoms with Crippen molar-refractivity contribution in [3.63, 3.8) is 0 Å². The van der Waals surface area contributed by atoms with Gasteiger partial charge in [-0.2, -0.15) is 0 Å². The molecule has 25 heavy (non-hydrogen) atoms. The maximum absolute atomic E-state index is 12.5. The van der Waals surface area contributed by atoms with Crippen LogP contribution in [-0.2, 0) is 4.79 Å². The van der Waals surface area contributed by atoms with Crippen LogP contribution in [0.1, 0.15) is 49.9 Å². The fourth-order valence-electron chi connectivity index (χ4n) is 3.68. The molecule has 0 saturated carbocycles. The average Bonchev–Trinajstić information content (AvgIpc) is 3.06. The Balaban J connectivity index is 1.55. The number of benzene rings is 1. The smallest absolute Gasteiger partial charge is 0.251 e. The van der Waals surface area contributed by atoms with E-state index in [9.17, 15) is 9.59 Å². The number of anilines is 1. The van der Waals surface area contributed by atoms with E-state index in [2.05, 4.69) is 24.1 Å². The van der Waals surface area contributed by atoms with Gasteiger partial charge >= 0.3 is 0 Å². The highest BCUT2D eigenvalue weighted by atomic mass is 16.2. The zero-order valence-electron chi connectivity index (χ0n) is 15.3. The Kier molecular flexibility index (Phi) is 5.74. The van der Waals surface area contributed by atoms with Gasteiger partial charge in [0.05, 0.1) is 0 Å². The first-order valence-corrected chi connectivity index (χ1v) is 9.47. The molecule has 2 aliphatic rings. The van der Waals surface area contributed by atoms with Crippen molar-refractivity contribution in [2.24, 2.45) is 5.92 Å². The predicted molar refractivity (Wildman–Crippen MR) is 99.8 cm³/mol. The van der Waals surface area contributed by atoms with Crippen LogP contribution in [-0.4, -0.2) is 48.9 Å². The summed E-state index contributed by atoms with van der Waals surface area (Å²) in [5.41, 5.74) is 1.45. The number of nitrogens with one attached hydrogen (secondary N) is 1. The van der Waals surface area contributed by atoms with Crippen LogP contribution in [0.25, 0.3) is 0 Å². The zero-order chi connectivity index (χ0) is 17.8. The normalized spacial score (nSPS) is 20.7. The van der Waals surface area contributed by atoms with E-state index < -0.39 is 0 Å². The van der Waals surface area contributed by atoms with Crippen molar-refractivity contribution in [1.29, 1.82) is 0 Å². The molecule has 1 atom stereocenters. The molecule has 2 heterocycles. The lowest BCUT2D eigenvalue weighted by Gasteiger charge is -2.35. The highest BCUT2D eigenvalue weighted by molar-refractivity contribution is 5.99. The minimum Gasteiger partial charge on any atom is -0.350 e. The summed E-state index contributed by atoms with van der Waals surface area (Å²) in [5, 5.41) is 3.05. The molecule has 1 aromatic carbocycles. The SMILES string of the molecule is CC1CCN(C(C)CNC(=O)c2cccc(N3CCCC3=O)c2)CC1. The van der Waals surface area contributed by atoms with Gasteiger partial charge in [0.15, 0.2) is 0 Å². The largest absolute Gasteiger partial charge is 0.350 e. The van der Waals surface area contributed by atoms with Gasteiger partial charge in [0, 0.05) is 36.8 Å². The summed E-state index contributed by atoms with van der Waals surface area (Å²) >= 11 is 0. The van der Waals surface area contributed by atoms with Gasteiger partial charge < -0.3 is 10.2 Å². The van der Waals surface area contributed by atoms with E-state index in [0.717, 1.165) is 37.7 Å². The summed E-state index contributed by atoms with van der Waals surface area (Å²) in [5.74, 6) is 0.894. The van der Waals surface area contributed by atoms with Crippen LogP contribution in [0.15, 0.2) is 24.3 Å². The van der Waals surface area contributed by atoms with Crippen LogP contribution >= 0.6 is 0 Å². The molecule has 5 heteroatoms. The van der Waals surface area contributed by atoms with E-state index >= 15 is 0 Å². The highest BCUT2D eigenvalue weighted by Gasteiger charge is 2.23. The van der Waals surface area contributed by atoms with Gasteiger partial charge in [-0.15, -0.1) is 0 Å². The molecular formula is C20H29N3O2. The van der Waals surface area contributed by atoms with E-state index in [-0.39, 0.29) is 11.8 Å². The quantitative estimate of drug-likeness (QED) is 0.894. The molecule has 1 N–H and O–H groups in total. The minimum absolute atomic E-state index is 0.0641. The number of nitrogens with zero attached hydrogens (tertiary/aromatic N) is 2. The maximum atomic E-state index is 12.5. The summed E-state index contributed by atoms with van der Waals surface area (Å²) in [6.07, 6.45) is 3.97. The standard InChI is InChI=1S/C20H29N3O2/c1-15-8-11-22(12-9-15)16(2)14-21-20(25)17-5-3-6-18(13-17)23-10-4-7-19(23)24/h3,5-6,13,15-16H,4,7-12,14H2,1-2H3,(H,21,25). The Labute approximate surface area is 150 Å². The second-order valence-electron chi connectivity index (χ2n) is 7.48. The second kappa shape index (κ2) is 8.00. The van der Waals surface area contributed by atoms with Crippen LogP contribution in [0.5, 0.6) is 0 Å². The van der Waals surface area contributed by atoms with E-state index in [1.54, 1.807) is 4.90 Å². The third-order valence-corrected chi connectivity index (χ3v) is 5.49. The Morgan fingerprint density at radius 1 is 1.28 bits per heavy atom. The molecule has 2 aliphatic heterocycles. The number of hydrogen-bond acceptors (Lipinski definition) is 3. The van der Waals surface area contributed by atoms with Crippen molar-refractivity contribution in [3.8, 4) is 0 Å². The third-order valence-electron chi connectivity index (χ3n) is 5.49. The lowest BCUT2D eigenvalue weighted by atomic mass is 9.98. The van der Waals surface area contributed by atoms with Gasteiger partial charge in [0.25, 0.3) is 5.91 Å². The van der Waals surface area contributed by atoms with Gasteiger partial charge in [0.2, 0.25) is 5.91 Å². The van der Waals surface area contributed by atoms with Crippen molar-refractivity contribution < 1.29 is 9.59 Å². The van der Waals surface area contributed by atoms with E-state index in [1.807, 2.05) is 24.3 Å². The first-order chi connectivity index (χ1) is 12.0. The molecule has 3 rings (SSSR count). The molecule has 1 unspecified atom stereocenters. The summed E-state index contributed by atoms with van der Waals surface area (Å²) < 4.78 is 0. The van der Waals surface area contributed by atoms with Crippen LogP contribution in [0.4, 0.5) is 5.69 Å². The Hall–Kier alpha value is -1.88. The van der Waals surface area contributed by atoms with Gasteiger partial charge in [-0.3, -0.25) is 14.5 Å². The third kappa shape index (κ3) is 4.40. The number of rotatable bonds is 5. The van der Waals surface area contributed by atoms with Crippen molar-refractivity contribution in [1.82, 2.24) is 10.2 Å². The molecule has 0 aliphatic carbocycles. The van der Waals surface area contributed by atoms with Crippen molar-refractivity contribution >= 4 is 17.5 Å². The van der Waals surface area contributed by atoms with Crippen molar-refractivity contribution in [3.05, 3.63) is 29.8 Å². The molecule has 2 amide bonds. The molecule has 0 spiro atoms. The number of likely N-dealkylation sites (tertiary alicyclic amines) is 1.